The molecule has 1 saturated heterocycles. The first-order chi connectivity index (χ1) is 14.0. The molecule has 4 rings (SSSR count). The normalized spacial score (nSPS) is 18.9. The first-order valence-electron chi connectivity index (χ1n) is 9.82. The number of carboxylic acids is 1. The Kier molecular flexibility index (Phi) is 6.13. The average molecular weight is 436 g/mol. The molecule has 2 aromatic rings. The van der Waals surface area contributed by atoms with Crippen molar-refractivity contribution >= 4 is 51.5 Å². The highest BCUT2D eigenvalue weighted by Gasteiger charge is 2.27. The average Bonchev–Trinajstić information content (AvgIpc) is 3.39. The van der Waals surface area contributed by atoms with Crippen LogP contribution in [0, 0.1) is 0 Å². The van der Waals surface area contributed by atoms with E-state index in [-0.39, 0.29) is 19.1 Å². The van der Waals surface area contributed by atoms with Crippen LogP contribution in [0.5, 0.6) is 0 Å². The summed E-state index contributed by atoms with van der Waals surface area (Å²) < 4.78 is 5.62. The minimum absolute atomic E-state index is 0.0142. The SMILES string of the molecule is O=C(O)CCOC[C@@H]1CCCN1c1cc(C2=CNCC2)c2ccc(Cl)c(Cl)c2n1. The van der Waals surface area contributed by atoms with E-state index in [4.69, 9.17) is 38.0 Å². The van der Waals surface area contributed by atoms with E-state index in [1.807, 2.05) is 12.1 Å². The fraction of sp³-hybridized carbons (Fsp3) is 0.429. The molecule has 0 radical (unpaired) electrons. The van der Waals surface area contributed by atoms with Crippen LogP contribution in [-0.4, -0.2) is 48.4 Å². The Morgan fingerprint density at radius 1 is 1.38 bits per heavy atom. The number of benzene rings is 1. The molecule has 0 saturated carbocycles. The number of hydrogen-bond donors (Lipinski definition) is 2. The van der Waals surface area contributed by atoms with Crippen LogP contribution >= 0.6 is 23.2 Å². The molecule has 1 aromatic heterocycles. The van der Waals surface area contributed by atoms with E-state index in [1.54, 1.807) is 0 Å². The number of fused-ring (bicyclic) bond motifs is 1. The Labute approximate surface area is 179 Å². The number of pyridine rings is 1. The van der Waals surface area contributed by atoms with Gasteiger partial charge in [0.1, 0.15) is 5.82 Å². The summed E-state index contributed by atoms with van der Waals surface area (Å²) in [6.07, 6.45) is 5.03. The first kappa shape index (κ1) is 20.3. The molecule has 0 amide bonds. The number of ether oxygens (including phenoxy) is 1. The molecule has 0 unspecified atom stereocenters. The summed E-state index contributed by atoms with van der Waals surface area (Å²) in [5.74, 6) is 0.00730. The minimum Gasteiger partial charge on any atom is -0.481 e. The predicted molar refractivity (Wildman–Crippen MR) is 116 cm³/mol. The fourth-order valence-corrected chi connectivity index (χ4v) is 4.37. The van der Waals surface area contributed by atoms with Gasteiger partial charge in [-0.3, -0.25) is 4.79 Å². The molecule has 3 heterocycles. The topological polar surface area (TPSA) is 74.7 Å². The smallest absolute Gasteiger partial charge is 0.305 e. The first-order valence-corrected chi connectivity index (χ1v) is 10.6. The quantitative estimate of drug-likeness (QED) is 0.630. The Morgan fingerprint density at radius 3 is 3.00 bits per heavy atom. The van der Waals surface area contributed by atoms with Gasteiger partial charge < -0.3 is 20.1 Å². The van der Waals surface area contributed by atoms with Crippen molar-refractivity contribution in [1.82, 2.24) is 10.3 Å². The van der Waals surface area contributed by atoms with Crippen LogP contribution in [-0.2, 0) is 9.53 Å². The lowest BCUT2D eigenvalue weighted by Crippen LogP contribution is -2.34. The van der Waals surface area contributed by atoms with Crippen LogP contribution in [0.4, 0.5) is 5.82 Å². The van der Waals surface area contributed by atoms with E-state index in [9.17, 15) is 4.79 Å². The summed E-state index contributed by atoms with van der Waals surface area (Å²) in [5.41, 5.74) is 3.05. The molecule has 2 N–H and O–H groups in total. The summed E-state index contributed by atoms with van der Waals surface area (Å²) in [6, 6.07) is 6.08. The van der Waals surface area contributed by atoms with Crippen molar-refractivity contribution in [2.45, 2.75) is 31.7 Å². The third-order valence-electron chi connectivity index (χ3n) is 5.46. The maximum absolute atomic E-state index is 10.7. The number of hydrogen-bond acceptors (Lipinski definition) is 5. The summed E-state index contributed by atoms with van der Waals surface area (Å²) in [7, 11) is 0. The van der Waals surface area contributed by atoms with Crippen LogP contribution in [0.3, 0.4) is 0 Å². The lowest BCUT2D eigenvalue weighted by molar-refractivity contribution is -0.138. The van der Waals surface area contributed by atoms with E-state index in [0.717, 1.165) is 49.1 Å². The third kappa shape index (κ3) is 4.29. The molecule has 0 bridgehead atoms. The molecule has 1 fully saturated rings. The van der Waals surface area contributed by atoms with Gasteiger partial charge in [0.2, 0.25) is 0 Å². The highest BCUT2D eigenvalue weighted by atomic mass is 35.5. The molecule has 2 aliphatic heterocycles. The maximum Gasteiger partial charge on any atom is 0.305 e. The number of halogens is 2. The van der Waals surface area contributed by atoms with E-state index in [0.29, 0.717) is 22.2 Å². The fourth-order valence-electron chi connectivity index (χ4n) is 4.01. The van der Waals surface area contributed by atoms with Crippen LogP contribution in [0.15, 0.2) is 24.4 Å². The molecular weight excluding hydrogens is 413 g/mol. The van der Waals surface area contributed by atoms with Gasteiger partial charge in [0.15, 0.2) is 0 Å². The van der Waals surface area contributed by atoms with E-state index in [2.05, 4.69) is 22.5 Å². The number of carbonyl (C=O) groups is 1. The molecule has 0 spiro atoms. The number of aliphatic carboxylic acids is 1. The van der Waals surface area contributed by atoms with Crippen molar-refractivity contribution in [3.8, 4) is 0 Å². The largest absolute Gasteiger partial charge is 0.481 e. The van der Waals surface area contributed by atoms with Gasteiger partial charge in [-0.2, -0.15) is 0 Å². The molecule has 1 atom stereocenters. The van der Waals surface area contributed by atoms with Crippen molar-refractivity contribution in [2.24, 2.45) is 0 Å². The lowest BCUT2D eigenvalue weighted by Gasteiger charge is -2.27. The van der Waals surface area contributed by atoms with Crippen LogP contribution in [0.1, 0.15) is 31.2 Å². The Hall–Kier alpha value is -2.02. The second kappa shape index (κ2) is 8.78. The third-order valence-corrected chi connectivity index (χ3v) is 6.26. The monoisotopic (exact) mass is 435 g/mol. The van der Waals surface area contributed by atoms with Gasteiger partial charge in [-0.05, 0) is 42.5 Å². The van der Waals surface area contributed by atoms with E-state index in [1.165, 1.54) is 5.57 Å². The number of rotatable bonds is 7. The molecule has 6 nitrogen and oxygen atoms in total. The number of aromatic nitrogens is 1. The van der Waals surface area contributed by atoms with Gasteiger partial charge in [0, 0.05) is 24.7 Å². The molecule has 0 aliphatic carbocycles. The van der Waals surface area contributed by atoms with Crippen molar-refractivity contribution in [2.75, 3.05) is 31.2 Å². The van der Waals surface area contributed by atoms with Gasteiger partial charge in [-0.15, -0.1) is 0 Å². The standard InChI is InChI=1S/C21H23Cl2N3O3/c22-17-4-3-15-16(13-5-7-24-11-13)10-18(25-21(15)20(17)23)26-8-1-2-14(26)12-29-9-6-19(27)28/h3-4,10-11,14,24H,1-2,5-9,12H2,(H,27,28)/t14-/m0/s1. The highest BCUT2D eigenvalue weighted by molar-refractivity contribution is 6.45. The summed E-state index contributed by atoms with van der Waals surface area (Å²) >= 11 is 12.8. The van der Waals surface area contributed by atoms with Gasteiger partial charge in [0.05, 0.1) is 41.2 Å². The Balaban J connectivity index is 1.67. The number of nitrogens with zero attached hydrogens (tertiary/aromatic N) is 2. The summed E-state index contributed by atoms with van der Waals surface area (Å²) in [4.78, 5) is 17.8. The maximum atomic E-state index is 10.7. The zero-order valence-electron chi connectivity index (χ0n) is 16.0. The van der Waals surface area contributed by atoms with Gasteiger partial charge in [0.25, 0.3) is 0 Å². The molecule has 154 valence electrons. The Bertz CT molecular complexity index is 964. The van der Waals surface area contributed by atoms with Crippen molar-refractivity contribution in [3.05, 3.63) is 40.0 Å². The number of carboxylic acid groups (broad SMARTS) is 1. The predicted octanol–water partition coefficient (Wildman–Crippen LogP) is 4.34. The number of anilines is 1. The molecular formula is C21H23Cl2N3O3. The minimum atomic E-state index is -0.848. The van der Waals surface area contributed by atoms with Crippen molar-refractivity contribution in [3.63, 3.8) is 0 Å². The highest BCUT2D eigenvalue weighted by Crippen LogP contribution is 2.38. The zero-order chi connectivity index (χ0) is 20.4. The zero-order valence-corrected chi connectivity index (χ0v) is 17.5. The van der Waals surface area contributed by atoms with Crippen LogP contribution < -0.4 is 10.2 Å². The van der Waals surface area contributed by atoms with Gasteiger partial charge >= 0.3 is 5.97 Å². The molecule has 29 heavy (non-hydrogen) atoms. The van der Waals surface area contributed by atoms with Crippen molar-refractivity contribution < 1.29 is 14.6 Å². The van der Waals surface area contributed by atoms with E-state index >= 15 is 0 Å². The number of nitrogens with one attached hydrogen (secondary N) is 1. The van der Waals surface area contributed by atoms with Crippen molar-refractivity contribution in [1.29, 1.82) is 0 Å². The Morgan fingerprint density at radius 2 is 2.24 bits per heavy atom. The summed E-state index contributed by atoms with van der Waals surface area (Å²) in [5, 5.41) is 14.0. The summed E-state index contributed by atoms with van der Waals surface area (Å²) in [6.45, 7) is 2.49. The molecule has 2 aliphatic rings. The second-order valence-electron chi connectivity index (χ2n) is 7.37. The molecule has 8 heteroatoms. The second-order valence-corrected chi connectivity index (χ2v) is 8.15. The van der Waals surface area contributed by atoms with Gasteiger partial charge in [-0.1, -0.05) is 29.3 Å². The van der Waals surface area contributed by atoms with Gasteiger partial charge in [-0.25, -0.2) is 4.98 Å². The van der Waals surface area contributed by atoms with Crippen LogP contribution in [0.2, 0.25) is 10.0 Å². The molecule has 1 aromatic carbocycles. The van der Waals surface area contributed by atoms with Crippen LogP contribution in [0.25, 0.3) is 16.5 Å². The van der Waals surface area contributed by atoms with E-state index < -0.39 is 5.97 Å². The lowest BCUT2D eigenvalue weighted by atomic mass is 10.00.